The van der Waals surface area contributed by atoms with Crippen LogP contribution in [0.2, 0.25) is 0 Å². The molecule has 3 rings (SSSR count). The number of piperidine rings is 1. The number of hydrogen-bond acceptors (Lipinski definition) is 4. The molecule has 0 spiro atoms. The van der Waals surface area contributed by atoms with E-state index < -0.39 is 0 Å². The maximum absolute atomic E-state index is 5.22. The number of rotatable bonds is 4. The summed E-state index contributed by atoms with van der Waals surface area (Å²) in [6, 6.07) is 5.94. The van der Waals surface area contributed by atoms with E-state index in [-0.39, 0.29) is 0 Å². The Bertz CT molecular complexity index is 549. The van der Waals surface area contributed by atoms with Crippen molar-refractivity contribution in [2.45, 2.75) is 18.0 Å². The molecule has 1 aromatic heterocycles. The lowest BCUT2D eigenvalue weighted by atomic mass is 10.0. The molecule has 0 amide bonds. The minimum atomic E-state index is 0.765. The normalized spacial score (nSPS) is 19.7. The van der Waals surface area contributed by atoms with Crippen LogP contribution in [0.15, 0.2) is 23.4 Å². The van der Waals surface area contributed by atoms with Crippen LogP contribution >= 0.6 is 11.8 Å². The summed E-state index contributed by atoms with van der Waals surface area (Å²) in [4.78, 5) is 7.97. The van der Waals surface area contributed by atoms with Crippen LogP contribution in [0, 0.1) is 5.92 Å². The highest BCUT2D eigenvalue weighted by molar-refractivity contribution is 7.99. The van der Waals surface area contributed by atoms with Crippen molar-refractivity contribution in [2.75, 3.05) is 26.0 Å². The van der Waals surface area contributed by atoms with E-state index >= 15 is 0 Å². The van der Waals surface area contributed by atoms with Gasteiger partial charge in [0, 0.05) is 11.8 Å². The summed E-state index contributed by atoms with van der Waals surface area (Å²) in [6.45, 7) is 2.31. The average Bonchev–Trinajstić information content (AvgIpc) is 2.88. The van der Waals surface area contributed by atoms with Crippen molar-refractivity contribution in [3.8, 4) is 5.75 Å². The van der Waals surface area contributed by atoms with Gasteiger partial charge < -0.3 is 15.0 Å². The molecule has 1 aliphatic heterocycles. The Hall–Kier alpha value is -1.20. The maximum Gasteiger partial charge on any atom is 0.166 e. The SMILES string of the molecule is COc1ccc2nc(SCC3CCCNC3)[nH]c2c1. The molecule has 1 aromatic carbocycles. The van der Waals surface area contributed by atoms with Gasteiger partial charge in [-0.05, 0) is 44.0 Å². The van der Waals surface area contributed by atoms with Gasteiger partial charge in [0.2, 0.25) is 0 Å². The molecule has 0 saturated carbocycles. The number of benzene rings is 1. The van der Waals surface area contributed by atoms with Crippen LogP contribution in [0.25, 0.3) is 11.0 Å². The van der Waals surface area contributed by atoms with E-state index in [4.69, 9.17) is 4.74 Å². The zero-order valence-corrected chi connectivity index (χ0v) is 11.9. The molecule has 1 unspecified atom stereocenters. The van der Waals surface area contributed by atoms with Gasteiger partial charge >= 0.3 is 0 Å². The standard InChI is InChI=1S/C14H19N3OS/c1-18-11-4-5-12-13(7-11)17-14(16-12)19-9-10-3-2-6-15-8-10/h4-5,7,10,15H,2-3,6,8-9H2,1H3,(H,16,17). The zero-order valence-electron chi connectivity index (χ0n) is 11.1. The molecule has 19 heavy (non-hydrogen) atoms. The van der Waals surface area contributed by atoms with Crippen molar-refractivity contribution in [3.63, 3.8) is 0 Å². The molecule has 2 N–H and O–H groups in total. The first-order valence-corrected chi connectivity index (χ1v) is 7.71. The smallest absolute Gasteiger partial charge is 0.166 e. The summed E-state index contributed by atoms with van der Waals surface area (Å²) in [5.74, 6) is 2.76. The summed E-state index contributed by atoms with van der Waals surface area (Å²) in [7, 11) is 1.68. The van der Waals surface area contributed by atoms with E-state index in [2.05, 4.69) is 15.3 Å². The Morgan fingerprint density at radius 2 is 2.42 bits per heavy atom. The number of ether oxygens (including phenoxy) is 1. The third kappa shape index (κ3) is 3.04. The molecule has 0 aliphatic carbocycles. The fraction of sp³-hybridized carbons (Fsp3) is 0.500. The monoisotopic (exact) mass is 277 g/mol. The van der Waals surface area contributed by atoms with Crippen LogP contribution in [0.1, 0.15) is 12.8 Å². The van der Waals surface area contributed by atoms with Gasteiger partial charge in [-0.25, -0.2) is 4.98 Å². The number of aromatic amines is 1. The number of methoxy groups -OCH3 is 1. The minimum Gasteiger partial charge on any atom is -0.497 e. The molecule has 1 saturated heterocycles. The van der Waals surface area contributed by atoms with Crippen LogP contribution in [0.5, 0.6) is 5.75 Å². The molecular formula is C14H19N3OS. The summed E-state index contributed by atoms with van der Waals surface area (Å²) >= 11 is 1.82. The van der Waals surface area contributed by atoms with Crippen LogP contribution < -0.4 is 10.1 Å². The van der Waals surface area contributed by atoms with Crippen molar-refractivity contribution in [1.29, 1.82) is 0 Å². The van der Waals surface area contributed by atoms with Crippen LogP contribution in [-0.4, -0.2) is 35.9 Å². The largest absolute Gasteiger partial charge is 0.497 e. The summed E-state index contributed by atoms with van der Waals surface area (Å²) in [5, 5.41) is 4.46. The van der Waals surface area contributed by atoms with Crippen molar-refractivity contribution in [3.05, 3.63) is 18.2 Å². The average molecular weight is 277 g/mol. The van der Waals surface area contributed by atoms with Crippen LogP contribution in [0.3, 0.4) is 0 Å². The lowest BCUT2D eigenvalue weighted by molar-refractivity contribution is 0.410. The fourth-order valence-electron chi connectivity index (χ4n) is 2.42. The Morgan fingerprint density at radius 1 is 1.47 bits per heavy atom. The summed E-state index contributed by atoms with van der Waals surface area (Å²) < 4.78 is 5.22. The first-order chi connectivity index (χ1) is 9.35. The van der Waals surface area contributed by atoms with Crippen molar-refractivity contribution in [2.24, 2.45) is 5.92 Å². The number of aromatic nitrogens is 2. The minimum absolute atomic E-state index is 0.765. The van der Waals surface area contributed by atoms with E-state index in [9.17, 15) is 0 Å². The first-order valence-electron chi connectivity index (χ1n) is 6.72. The molecule has 2 heterocycles. The first kappa shape index (κ1) is 12.8. The zero-order chi connectivity index (χ0) is 13.1. The molecule has 1 aliphatic rings. The predicted octanol–water partition coefficient (Wildman–Crippen LogP) is 2.66. The molecule has 5 heteroatoms. The molecule has 102 valence electrons. The number of nitrogens with zero attached hydrogens (tertiary/aromatic N) is 1. The molecule has 4 nitrogen and oxygen atoms in total. The molecule has 1 fully saturated rings. The lowest BCUT2D eigenvalue weighted by Gasteiger charge is -2.21. The third-order valence-corrected chi connectivity index (χ3v) is 4.63. The van der Waals surface area contributed by atoms with E-state index in [1.807, 2.05) is 30.0 Å². The van der Waals surface area contributed by atoms with Gasteiger partial charge in [-0.1, -0.05) is 11.8 Å². The maximum atomic E-state index is 5.22. The second-order valence-corrected chi connectivity index (χ2v) is 5.96. The van der Waals surface area contributed by atoms with Crippen LogP contribution in [0.4, 0.5) is 0 Å². The topological polar surface area (TPSA) is 49.9 Å². The van der Waals surface area contributed by atoms with Gasteiger partial charge in [-0.3, -0.25) is 0 Å². The number of hydrogen-bond donors (Lipinski definition) is 2. The Balaban J connectivity index is 1.67. The van der Waals surface area contributed by atoms with Crippen molar-refractivity contribution < 1.29 is 4.74 Å². The number of H-pyrrole nitrogens is 1. The quantitative estimate of drug-likeness (QED) is 0.844. The number of thioether (sulfide) groups is 1. The fourth-order valence-corrected chi connectivity index (χ4v) is 3.45. The number of fused-ring (bicyclic) bond motifs is 1. The molecule has 2 aromatic rings. The second kappa shape index (κ2) is 5.84. The Labute approximate surface area is 117 Å². The molecule has 0 radical (unpaired) electrons. The van der Waals surface area contributed by atoms with Crippen LogP contribution in [-0.2, 0) is 0 Å². The molecule has 1 atom stereocenters. The van der Waals surface area contributed by atoms with Gasteiger partial charge in [-0.15, -0.1) is 0 Å². The van der Waals surface area contributed by atoms with Gasteiger partial charge in [-0.2, -0.15) is 0 Å². The van der Waals surface area contributed by atoms with E-state index in [1.54, 1.807) is 7.11 Å². The molecule has 0 bridgehead atoms. The predicted molar refractivity (Wildman–Crippen MR) is 79.0 cm³/mol. The highest BCUT2D eigenvalue weighted by Crippen LogP contribution is 2.25. The second-order valence-electron chi connectivity index (χ2n) is 4.95. The Kier molecular flexibility index (Phi) is 3.94. The highest BCUT2D eigenvalue weighted by atomic mass is 32.2. The van der Waals surface area contributed by atoms with Crippen molar-refractivity contribution >= 4 is 22.8 Å². The van der Waals surface area contributed by atoms with Gasteiger partial charge in [0.05, 0.1) is 18.1 Å². The third-order valence-electron chi connectivity index (χ3n) is 3.52. The number of nitrogens with one attached hydrogen (secondary N) is 2. The van der Waals surface area contributed by atoms with E-state index in [0.717, 1.165) is 40.2 Å². The summed E-state index contributed by atoms with van der Waals surface area (Å²) in [5.41, 5.74) is 2.05. The lowest BCUT2D eigenvalue weighted by Crippen LogP contribution is -2.30. The molecular weight excluding hydrogens is 258 g/mol. The van der Waals surface area contributed by atoms with Crippen molar-refractivity contribution in [1.82, 2.24) is 15.3 Å². The van der Waals surface area contributed by atoms with Gasteiger partial charge in [0.25, 0.3) is 0 Å². The van der Waals surface area contributed by atoms with E-state index in [0.29, 0.717) is 0 Å². The Morgan fingerprint density at radius 3 is 3.21 bits per heavy atom. The van der Waals surface area contributed by atoms with E-state index in [1.165, 1.54) is 19.4 Å². The summed E-state index contributed by atoms with van der Waals surface area (Å²) in [6.07, 6.45) is 2.62. The number of imidazole rings is 1. The highest BCUT2D eigenvalue weighted by Gasteiger charge is 2.14. The van der Waals surface area contributed by atoms with Gasteiger partial charge in [0.1, 0.15) is 5.75 Å². The van der Waals surface area contributed by atoms with Gasteiger partial charge in [0.15, 0.2) is 5.16 Å².